The number of rotatable bonds is 2. The van der Waals surface area contributed by atoms with Gasteiger partial charge in [0.1, 0.15) is 5.82 Å². The van der Waals surface area contributed by atoms with Crippen molar-refractivity contribution in [2.75, 3.05) is 0 Å². The van der Waals surface area contributed by atoms with E-state index in [1.165, 1.54) is 12.1 Å². The summed E-state index contributed by atoms with van der Waals surface area (Å²) in [6.07, 6.45) is 3.34. The quantitative estimate of drug-likeness (QED) is 0.761. The average Bonchev–Trinajstić information content (AvgIpc) is 2.70. The van der Waals surface area contributed by atoms with Crippen molar-refractivity contribution in [3.05, 3.63) is 42.2 Å². The largest absolute Gasteiger partial charge is 0.328 e. The van der Waals surface area contributed by atoms with Crippen molar-refractivity contribution < 1.29 is 8.78 Å². The van der Waals surface area contributed by atoms with Gasteiger partial charge in [0.25, 0.3) is 0 Å². The van der Waals surface area contributed by atoms with Crippen LogP contribution in [0.3, 0.4) is 0 Å². The van der Waals surface area contributed by atoms with E-state index in [0.717, 1.165) is 6.07 Å². The fraction of sp³-hybridized carbons (Fsp3) is 0.250. The lowest BCUT2D eigenvalue weighted by atomic mass is 10.2. The minimum absolute atomic E-state index is 0.153. The highest BCUT2D eigenvalue weighted by Gasteiger charge is 2.15. The van der Waals surface area contributed by atoms with Gasteiger partial charge in [-0.05, 0) is 26.0 Å². The van der Waals surface area contributed by atoms with Crippen LogP contribution in [0, 0.1) is 11.6 Å². The van der Waals surface area contributed by atoms with Gasteiger partial charge in [0, 0.05) is 18.4 Å². The molecule has 2 nitrogen and oxygen atoms in total. The topological polar surface area (TPSA) is 17.8 Å². The van der Waals surface area contributed by atoms with Gasteiger partial charge in [0.2, 0.25) is 0 Å². The molecule has 0 atom stereocenters. The molecule has 0 saturated carbocycles. The fourth-order valence-electron chi connectivity index (χ4n) is 1.61. The molecule has 16 heavy (non-hydrogen) atoms. The lowest BCUT2D eigenvalue weighted by Gasteiger charge is -2.11. The standard InChI is InChI=1S/C12H12F2N2/c1-8(2)16-7-6-15-12(16)9-4-3-5-10(13)11(9)14/h3-8H,1-2H3. The molecule has 0 aliphatic rings. The van der Waals surface area contributed by atoms with Gasteiger partial charge in [-0.15, -0.1) is 0 Å². The maximum absolute atomic E-state index is 13.6. The molecule has 0 radical (unpaired) electrons. The van der Waals surface area contributed by atoms with Crippen LogP contribution in [0.25, 0.3) is 11.4 Å². The van der Waals surface area contributed by atoms with Gasteiger partial charge in [0.05, 0.1) is 5.56 Å². The number of hydrogen-bond donors (Lipinski definition) is 0. The lowest BCUT2D eigenvalue weighted by molar-refractivity contribution is 0.508. The minimum atomic E-state index is -0.851. The van der Waals surface area contributed by atoms with Crippen molar-refractivity contribution in [2.45, 2.75) is 19.9 Å². The molecule has 0 spiro atoms. The van der Waals surface area contributed by atoms with Gasteiger partial charge < -0.3 is 4.57 Å². The second-order valence-electron chi connectivity index (χ2n) is 3.85. The smallest absolute Gasteiger partial charge is 0.169 e. The zero-order valence-electron chi connectivity index (χ0n) is 9.11. The molecule has 0 unspecified atom stereocenters. The molecule has 1 aromatic carbocycles. The molecule has 0 amide bonds. The Morgan fingerprint density at radius 2 is 2.00 bits per heavy atom. The highest BCUT2D eigenvalue weighted by atomic mass is 19.2. The summed E-state index contributed by atoms with van der Waals surface area (Å²) in [5.74, 6) is -1.25. The molecule has 2 rings (SSSR count). The summed E-state index contributed by atoms with van der Waals surface area (Å²) in [5, 5.41) is 0. The maximum atomic E-state index is 13.6. The summed E-state index contributed by atoms with van der Waals surface area (Å²) in [6.45, 7) is 3.92. The molecule has 1 aromatic heterocycles. The van der Waals surface area contributed by atoms with Crippen molar-refractivity contribution in [1.29, 1.82) is 0 Å². The number of imidazole rings is 1. The van der Waals surface area contributed by atoms with Crippen LogP contribution in [-0.2, 0) is 0 Å². The van der Waals surface area contributed by atoms with E-state index in [0.29, 0.717) is 5.82 Å². The van der Waals surface area contributed by atoms with Crippen LogP contribution < -0.4 is 0 Å². The second kappa shape index (κ2) is 4.04. The predicted octanol–water partition coefficient (Wildman–Crippen LogP) is 3.41. The van der Waals surface area contributed by atoms with E-state index in [2.05, 4.69) is 4.98 Å². The summed E-state index contributed by atoms with van der Waals surface area (Å²) >= 11 is 0. The van der Waals surface area contributed by atoms with Crippen LogP contribution in [-0.4, -0.2) is 9.55 Å². The third kappa shape index (κ3) is 1.71. The highest BCUT2D eigenvalue weighted by molar-refractivity contribution is 5.56. The van der Waals surface area contributed by atoms with E-state index in [9.17, 15) is 8.78 Å². The number of aromatic nitrogens is 2. The monoisotopic (exact) mass is 222 g/mol. The maximum Gasteiger partial charge on any atom is 0.169 e. The van der Waals surface area contributed by atoms with Crippen LogP contribution in [0.1, 0.15) is 19.9 Å². The SMILES string of the molecule is CC(C)n1ccnc1-c1cccc(F)c1F. The molecule has 0 fully saturated rings. The predicted molar refractivity (Wildman–Crippen MR) is 58.0 cm³/mol. The van der Waals surface area contributed by atoms with Crippen LogP contribution in [0.4, 0.5) is 8.78 Å². The number of halogens is 2. The molecule has 0 aliphatic carbocycles. The summed E-state index contributed by atoms with van der Waals surface area (Å²) < 4.78 is 28.5. The highest BCUT2D eigenvalue weighted by Crippen LogP contribution is 2.24. The Labute approximate surface area is 92.6 Å². The molecule has 0 saturated heterocycles. The summed E-state index contributed by atoms with van der Waals surface area (Å²) in [6, 6.07) is 4.26. The Balaban J connectivity index is 2.59. The van der Waals surface area contributed by atoms with Gasteiger partial charge in [-0.3, -0.25) is 0 Å². The molecule has 0 aliphatic heterocycles. The molecule has 2 aromatic rings. The Hall–Kier alpha value is -1.71. The summed E-state index contributed by atoms with van der Waals surface area (Å²) in [5.41, 5.74) is 0.193. The normalized spacial score (nSPS) is 11.1. The van der Waals surface area contributed by atoms with Gasteiger partial charge in [-0.25, -0.2) is 13.8 Å². The average molecular weight is 222 g/mol. The van der Waals surface area contributed by atoms with Gasteiger partial charge in [-0.2, -0.15) is 0 Å². The van der Waals surface area contributed by atoms with Crippen LogP contribution >= 0.6 is 0 Å². The van der Waals surface area contributed by atoms with Crippen molar-refractivity contribution in [3.63, 3.8) is 0 Å². The number of benzene rings is 1. The van der Waals surface area contributed by atoms with Crippen LogP contribution in [0.15, 0.2) is 30.6 Å². The van der Waals surface area contributed by atoms with Crippen molar-refractivity contribution in [1.82, 2.24) is 9.55 Å². The van der Waals surface area contributed by atoms with E-state index in [1.54, 1.807) is 17.0 Å². The Morgan fingerprint density at radius 1 is 1.25 bits per heavy atom. The van der Waals surface area contributed by atoms with E-state index >= 15 is 0 Å². The van der Waals surface area contributed by atoms with E-state index in [4.69, 9.17) is 0 Å². The minimum Gasteiger partial charge on any atom is -0.328 e. The molecule has 84 valence electrons. The zero-order valence-corrected chi connectivity index (χ0v) is 9.11. The fourth-order valence-corrected chi connectivity index (χ4v) is 1.61. The third-order valence-corrected chi connectivity index (χ3v) is 2.42. The van der Waals surface area contributed by atoms with Gasteiger partial charge >= 0.3 is 0 Å². The lowest BCUT2D eigenvalue weighted by Crippen LogP contribution is -2.03. The molecule has 0 bridgehead atoms. The molecular formula is C12H12F2N2. The first-order chi connectivity index (χ1) is 7.61. The van der Waals surface area contributed by atoms with Gasteiger partial charge in [-0.1, -0.05) is 6.07 Å². The van der Waals surface area contributed by atoms with Crippen LogP contribution in [0.5, 0.6) is 0 Å². The van der Waals surface area contributed by atoms with Crippen LogP contribution in [0.2, 0.25) is 0 Å². The Morgan fingerprint density at radius 3 is 2.69 bits per heavy atom. The van der Waals surface area contributed by atoms with Crippen molar-refractivity contribution in [3.8, 4) is 11.4 Å². The first-order valence-corrected chi connectivity index (χ1v) is 5.08. The third-order valence-electron chi connectivity index (χ3n) is 2.42. The van der Waals surface area contributed by atoms with E-state index in [-0.39, 0.29) is 11.6 Å². The van der Waals surface area contributed by atoms with Gasteiger partial charge in [0.15, 0.2) is 11.6 Å². The Kier molecular flexibility index (Phi) is 2.73. The van der Waals surface area contributed by atoms with Crippen molar-refractivity contribution in [2.24, 2.45) is 0 Å². The summed E-state index contributed by atoms with van der Waals surface area (Å²) in [7, 11) is 0. The summed E-state index contributed by atoms with van der Waals surface area (Å²) in [4.78, 5) is 4.07. The second-order valence-corrected chi connectivity index (χ2v) is 3.85. The first-order valence-electron chi connectivity index (χ1n) is 5.08. The van der Waals surface area contributed by atoms with E-state index in [1.807, 2.05) is 13.8 Å². The molecule has 4 heteroatoms. The molecule has 0 N–H and O–H groups in total. The number of nitrogens with zero attached hydrogens (tertiary/aromatic N) is 2. The first kappa shape index (κ1) is 10.8. The number of hydrogen-bond acceptors (Lipinski definition) is 1. The van der Waals surface area contributed by atoms with Crippen molar-refractivity contribution >= 4 is 0 Å². The molecule has 1 heterocycles. The van der Waals surface area contributed by atoms with E-state index < -0.39 is 11.6 Å². The zero-order chi connectivity index (χ0) is 11.7. The Bertz CT molecular complexity index is 503. The molecular weight excluding hydrogens is 210 g/mol.